The van der Waals surface area contributed by atoms with Crippen molar-refractivity contribution in [3.05, 3.63) is 47.0 Å². The molecule has 4 rings (SSSR count). The SMILES string of the molecule is CC1([C@@H]2CCNC2)C=CC(CCNC(=O)c2sc3ncccc3c2N)=CC1. The Morgan fingerprint density at radius 1 is 1.52 bits per heavy atom. The number of nitrogens with one attached hydrogen (secondary N) is 2. The maximum absolute atomic E-state index is 12.5. The number of fused-ring (bicyclic) bond motifs is 1. The van der Waals surface area contributed by atoms with Crippen molar-refractivity contribution < 1.29 is 4.79 Å². The molecule has 0 saturated carbocycles. The monoisotopic (exact) mass is 382 g/mol. The Balaban J connectivity index is 1.32. The number of hydrogen-bond donors (Lipinski definition) is 3. The molecule has 1 aliphatic heterocycles. The molecule has 3 heterocycles. The van der Waals surface area contributed by atoms with Crippen molar-refractivity contribution in [1.82, 2.24) is 15.6 Å². The van der Waals surface area contributed by atoms with Crippen LogP contribution in [-0.4, -0.2) is 30.5 Å². The summed E-state index contributed by atoms with van der Waals surface area (Å²) in [5.41, 5.74) is 8.21. The second kappa shape index (κ2) is 7.44. The van der Waals surface area contributed by atoms with Crippen LogP contribution in [0.4, 0.5) is 5.69 Å². The molecule has 2 aliphatic rings. The van der Waals surface area contributed by atoms with Gasteiger partial charge in [-0.3, -0.25) is 4.79 Å². The molecule has 1 amide bonds. The molecule has 6 heteroatoms. The van der Waals surface area contributed by atoms with E-state index in [0.29, 0.717) is 17.1 Å². The van der Waals surface area contributed by atoms with Crippen molar-refractivity contribution in [2.24, 2.45) is 11.3 Å². The summed E-state index contributed by atoms with van der Waals surface area (Å²) in [4.78, 5) is 18.1. The quantitative estimate of drug-likeness (QED) is 0.739. The number of nitrogens with zero attached hydrogens (tertiary/aromatic N) is 1. The van der Waals surface area contributed by atoms with Crippen LogP contribution >= 0.6 is 11.3 Å². The second-order valence-electron chi connectivity index (χ2n) is 7.72. The number of nitrogen functional groups attached to an aromatic ring is 1. The molecule has 5 nitrogen and oxygen atoms in total. The summed E-state index contributed by atoms with van der Waals surface area (Å²) in [6.07, 6.45) is 11.8. The van der Waals surface area contributed by atoms with Gasteiger partial charge in [0.15, 0.2) is 0 Å². The highest BCUT2D eigenvalue weighted by Gasteiger charge is 2.34. The highest BCUT2D eigenvalue weighted by atomic mass is 32.1. The van der Waals surface area contributed by atoms with E-state index < -0.39 is 0 Å². The lowest BCUT2D eigenvalue weighted by molar-refractivity contribution is 0.0959. The van der Waals surface area contributed by atoms with E-state index in [-0.39, 0.29) is 11.3 Å². The van der Waals surface area contributed by atoms with Crippen LogP contribution in [0.2, 0.25) is 0 Å². The van der Waals surface area contributed by atoms with E-state index in [2.05, 4.69) is 40.8 Å². The summed E-state index contributed by atoms with van der Waals surface area (Å²) in [5, 5.41) is 7.32. The smallest absolute Gasteiger partial charge is 0.263 e. The molecule has 1 unspecified atom stereocenters. The lowest BCUT2D eigenvalue weighted by atomic mass is 9.71. The van der Waals surface area contributed by atoms with Crippen LogP contribution in [0.15, 0.2) is 42.1 Å². The molecule has 1 fully saturated rings. The first-order valence-corrected chi connectivity index (χ1v) is 10.4. The number of thiophene rings is 1. The fraction of sp³-hybridized carbons (Fsp3) is 0.429. The first-order chi connectivity index (χ1) is 13.1. The molecule has 0 radical (unpaired) electrons. The largest absolute Gasteiger partial charge is 0.397 e. The minimum absolute atomic E-state index is 0.113. The van der Waals surface area contributed by atoms with Gasteiger partial charge in [-0.15, -0.1) is 11.3 Å². The fourth-order valence-corrected chi connectivity index (χ4v) is 4.99. The van der Waals surface area contributed by atoms with Gasteiger partial charge in [-0.05, 0) is 55.8 Å². The third-order valence-electron chi connectivity index (χ3n) is 5.89. The first-order valence-electron chi connectivity index (χ1n) is 9.57. The lowest BCUT2D eigenvalue weighted by Gasteiger charge is -2.34. The van der Waals surface area contributed by atoms with Crippen molar-refractivity contribution in [3.8, 4) is 0 Å². The summed E-state index contributed by atoms with van der Waals surface area (Å²) in [5.74, 6) is 0.605. The first kappa shape index (κ1) is 18.2. The van der Waals surface area contributed by atoms with Crippen LogP contribution in [-0.2, 0) is 0 Å². The Hall–Kier alpha value is -2.18. The van der Waals surface area contributed by atoms with Gasteiger partial charge >= 0.3 is 0 Å². The van der Waals surface area contributed by atoms with Crippen LogP contribution < -0.4 is 16.4 Å². The molecule has 1 saturated heterocycles. The summed E-state index contributed by atoms with van der Waals surface area (Å²) < 4.78 is 0. The predicted molar refractivity (Wildman–Crippen MR) is 112 cm³/mol. The van der Waals surface area contributed by atoms with Crippen LogP contribution in [0.25, 0.3) is 10.2 Å². The number of aromatic nitrogens is 1. The molecule has 0 bridgehead atoms. The number of rotatable bonds is 5. The van der Waals surface area contributed by atoms with Gasteiger partial charge < -0.3 is 16.4 Å². The Labute approximate surface area is 163 Å². The van der Waals surface area contributed by atoms with Crippen LogP contribution in [0.3, 0.4) is 0 Å². The predicted octanol–water partition coefficient (Wildman–Crippen LogP) is 3.50. The standard InChI is InChI=1S/C21H26N4OS/c1-21(15-7-11-23-13-15)8-4-14(5-9-21)6-12-24-19(26)18-17(22)16-3-2-10-25-20(16)27-18/h2-5,8,10,15,23H,6-7,9,11-13,22H2,1H3,(H,24,26)/t15-,21?/m1/s1. The zero-order chi connectivity index (χ0) is 18.9. The minimum Gasteiger partial charge on any atom is -0.397 e. The zero-order valence-electron chi connectivity index (χ0n) is 15.6. The Bertz CT molecular complexity index is 910. The second-order valence-corrected chi connectivity index (χ2v) is 8.72. The maximum Gasteiger partial charge on any atom is 0.263 e. The number of pyridine rings is 1. The Kier molecular flexibility index (Phi) is 5.02. The van der Waals surface area contributed by atoms with Crippen molar-refractivity contribution in [2.45, 2.75) is 26.2 Å². The molecule has 142 valence electrons. The maximum atomic E-state index is 12.5. The van der Waals surface area contributed by atoms with E-state index >= 15 is 0 Å². The number of carbonyl (C=O) groups excluding carboxylic acids is 1. The van der Waals surface area contributed by atoms with Crippen molar-refractivity contribution in [2.75, 3.05) is 25.4 Å². The minimum atomic E-state index is -0.113. The molecule has 27 heavy (non-hydrogen) atoms. The van der Waals surface area contributed by atoms with Gasteiger partial charge in [0.2, 0.25) is 0 Å². The van der Waals surface area contributed by atoms with Crippen LogP contribution in [0.5, 0.6) is 0 Å². The molecular weight excluding hydrogens is 356 g/mol. The van der Waals surface area contributed by atoms with Crippen molar-refractivity contribution >= 4 is 33.1 Å². The summed E-state index contributed by atoms with van der Waals surface area (Å²) >= 11 is 1.35. The number of hydrogen-bond acceptors (Lipinski definition) is 5. The molecular formula is C21H26N4OS. The van der Waals surface area contributed by atoms with Gasteiger partial charge in [-0.2, -0.15) is 0 Å². The number of nitrogens with two attached hydrogens (primary N) is 1. The summed E-state index contributed by atoms with van der Waals surface area (Å²) in [6, 6.07) is 3.74. The van der Waals surface area contributed by atoms with E-state index in [1.54, 1.807) is 6.20 Å². The van der Waals surface area contributed by atoms with Gasteiger partial charge in [-0.1, -0.05) is 30.7 Å². The third-order valence-corrected chi connectivity index (χ3v) is 7.01. The number of amides is 1. The topological polar surface area (TPSA) is 80.0 Å². The third kappa shape index (κ3) is 3.64. The van der Waals surface area contributed by atoms with Crippen molar-refractivity contribution in [1.29, 1.82) is 0 Å². The average molecular weight is 383 g/mol. The molecule has 1 aliphatic carbocycles. The Morgan fingerprint density at radius 2 is 2.41 bits per heavy atom. The molecule has 2 aromatic heterocycles. The van der Waals surface area contributed by atoms with Crippen LogP contribution in [0.1, 0.15) is 35.9 Å². The highest BCUT2D eigenvalue weighted by Crippen LogP contribution is 2.40. The molecule has 2 aromatic rings. The van der Waals surface area contributed by atoms with Crippen LogP contribution in [0, 0.1) is 11.3 Å². The summed E-state index contributed by atoms with van der Waals surface area (Å²) in [7, 11) is 0. The van der Waals surface area contributed by atoms with E-state index in [0.717, 1.165) is 42.1 Å². The molecule has 0 spiro atoms. The summed E-state index contributed by atoms with van der Waals surface area (Å²) in [6.45, 7) is 5.21. The number of anilines is 1. The number of allylic oxidation sites excluding steroid dienone is 3. The van der Waals surface area contributed by atoms with Crippen molar-refractivity contribution in [3.63, 3.8) is 0 Å². The Morgan fingerprint density at radius 3 is 3.11 bits per heavy atom. The average Bonchev–Trinajstić information content (AvgIpc) is 3.33. The van der Waals surface area contributed by atoms with E-state index in [1.165, 1.54) is 23.3 Å². The van der Waals surface area contributed by atoms with E-state index in [4.69, 9.17) is 5.73 Å². The van der Waals surface area contributed by atoms with Gasteiger partial charge in [0.25, 0.3) is 5.91 Å². The highest BCUT2D eigenvalue weighted by molar-refractivity contribution is 7.21. The van der Waals surface area contributed by atoms with E-state index in [1.807, 2.05) is 12.1 Å². The van der Waals surface area contributed by atoms with Gasteiger partial charge in [0.05, 0.1) is 5.69 Å². The van der Waals surface area contributed by atoms with Gasteiger partial charge in [0, 0.05) is 18.1 Å². The number of carbonyl (C=O) groups is 1. The molecule has 2 atom stereocenters. The zero-order valence-corrected chi connectivity index (χ0v) is 16.4. The molecule has 4 N–H and O–H groups in total. The lowest BCUT2D eigenvalue weighted by Crippen LogP contribution is -2.28. The van der Waals surface area contributed by atoms with E-state index in [9.17, 15) is 4.79 Å². The van der Waals surface area contributed by atoms with Gasteiger partial charge in [0.1, 0.15) is 9.71 Å². The molecule has 0 aromatic carbocycles. The van der Waals surface area contributed by atoms with Gasteiger partial charge in [-0.25, -0.2) is 4.98 Å². The normalized spacial score (nSPS) is 24.9. The fourth-order valence-electron chi connectivity index (χ4n) is 4.01.